The summed E-state index contributed by atoms with van der Waals surface area (Å²) in [6, 6.07) is 0.228. The molecule has 0 aromatic heterocycles. The molecule has 1 unspecified atom stereocenters. The van der Waals surface area contributed by atoms with Gasteiger partial charge in [0.1, 0.15) is 0 Å². The minimum atomic E-state index is -0.144. The number of carbonyl (C=O) groups excluding carboxylic acids is 1. The number of carbonyl (C=O) groups is 1. The van der Waals surface area contributed by atoms with Gasteiger partial charge < -0.3 is 9.47 Å². The summed E-state index contributed by atoms with van der Waals surface area (Å²) in [6.45, 7) is 7.97. The number of ether oxygens (including phenoxy) is 2. The number of morpholine rings is 1. The summed E-state index contributed by atoms with van der Waals surface area (Å²) in [5, 5.41) is 0. The molecule has 3 atom stereocenters. The third-order valence-electron chi connectivity index (χ3n) is 2.76. The maximum atomic E-state index is 11.1. The van der Waals surface area contributed by atoms with Crippen LogP contribution in [-0.2, 0) is 14.3 Å². The second kappa shape index (κ2) is 5.47. The summed E-state index contributed by atoms with van der Waals surface area (Å²) in [7, 11) is 1.43. The molecule has 1 fully saturated rings. The smallest absolute Gasteiger partial charge is 0.307 e. The summed E-state index contributed by atoms with van der Waals surface area (Å²) in [5.41, 5.74) is 0. The first kappa shape index (κ1) is 12.5. The normalized spacial score (nSPS) is 29.9. The van der Waals surface area contributed by atoms with Crippen molar-refractivity contribution in [3.05, 3.63) is 0 Å². The summed E-state index contributed by atoms with van der Waals surface area (Å²) >= 11 is 0. The van der Waals surface area contributed by atoms with E-state index in [0.717, 1.165) is 13.1 Å². The fourth-order valence-electron chi connectivity index (χ4n) is 2.03. The topological polar surface area (TPSA) is 38.8 Å². The zero-order chi connectivity index (χ0) is 11.4. The Balaban J connectivity index is 2.44. The summed E-state index contributed by atoms with van der Waals surface area (Å²) < 4.78 is 10.3. The van der Waals surface area contributed by atoms with Crippen molar-refractivity contribution in [1.82, 2.24) is 4.90 Å². The number of rotatable bonds is 3. The van der Waals surface area contributed by atoms with Crippen LogP contribution in [0.15, 0.2) is 0 Å². The molecule has 1 aliphatic rings. The van der Waals surface area contributed by atoms with E-state index in [-0.39, 0.29) is 24.2 Å². The molecule has 0 spiro atoms. The Morgan fingerprint density at radius 1 is 1.47 bits per heavy atom. The number of nitrogens with zero attached hydrogens (tertiary/aromatic N) is 1. The fraction of sp³-hybridized carbons (Fsp3) is 0.909. The first-order valence-electron chi connectivity index (χ1n) is 5.49. The lowest BCUT2D eigenvalue weighted by Crippen LogP contribution is -2.49. The van der Waals surface area contributed by atoms with Crippen LogP contribution < -0.4 is 0 Å². The van der Waals surface area contributed by atoms with Crippen LogP contribution in [0.5, 0.6) is 0 Å². The Labute approximate surface area is 91.5 Å². The Bertz CT molecular complexity index is 210. The van der Waals surface area contributed by atoms with E-state index in [9.17, 15) is 4.79 Å². The van der Waals surface area contributed by atoms with Crippen LogP contribution in [0.1, 0.15) is 27.2 Å². The van der Waals surface area contributed by atoms with Crippen LogP contribution in [0.2, 0.25) is 0 Å². The van der Waals surface area contributed by atoms with Crippen molar-refractivity contribution in [2.45, 2.75) is 45.4 Å². The summed E-state index contributed by atoms with van der Waals surface area (Å²) in [6.07, 6.45) is 0.943. The molecule has 1 heterocycles. The van der Waals surface area contributed by atoms with E-state index < -0.39 is 0 Å². The molecule has 0 bridgehead atoms. The minimum absolute atomic E-state index is 0.144. The Morgan fingerprint density at radius 3 is 2.47 bits per heavy atom. The molecule has 0 aliphatic carbocycles. The monoisotopic (exact) mass is 215 g/mol. The quantitative estimate of drug-likeness (QED) is 0.660. The van der Waals surface area contributed by atoms with Crippen LogP contribution in [0.3, 0.4) is 0 Å². The van der Waals surface area contributed by atoms with Crippen molar-refractivity contribution in [3.8, 4) is 0 Å². The van der Waals surface area contributed by atoms with Crippen molar-refractivity contribution in [3.63, 3.8) is 0 Å². The molecule has 1 rings (SSSR count). The zero-order valence-electron chi connectivity index (χ0n) is 10.0. The number of methoxy groups -OCH3 is 1. The average molecular weight is 215 g/mol. The third kappa shape index (κ3) is 3.80. The molecule has 0 saturated carbocycles. The molecule has 4 heteroatoms. The largest absolute Gasteiger partial charge is 0.469 e. The van der Waals surface area contributed by atoms with Crippen molar-refractivity contribution >= 4 is 5.97 Å². The molecular formula is C11H21NO3. The highest BCUT2D eigenvalue weighted by molar-refractivity contribution is 5.69. The van der Waals surface area contributed by atoms with Crippen LogP contribution in [0.4, 0.5) is 0 Å². The lowest BCUT2D eigenvalue weighted by Gasteiger charge is -2.38. The Hall–Kier alpha value is -0.610. The lowest BCUT2D eigenvalue weighted by atomic mass is 10.1. The minimum Gasteiger partial charge on any atom is -0.469 e. The van der Waals surface area contributed by atoms with Crippen LogP contribution in [-0.4, -0.2) is 49.3 Å². The SMILES string of the molecule is COC(=O)CC(C)N1C[C@@H](C)O[C@@H](C)C1. The van der Waals surface area contributed by atoms with Gasteiger partial charge in [0, 0.05) is 19.1 Å². The number of esters is 1. The highest BCUT2D eigenvalue weighted by atomic mass is 16.5. The van der Waals surface area contributed by atoms with E-state index in [1.165, 1.54) is 7.11 Å². The molecule has 1 aliphatic heterocycles. The first-order chi connectivity index (χ1) is 7.02. The third-order valence-corrected chi connectivity index (χ3v) is 2.76. The number of hydrogen-bond acceptors (Lipinski definition) is 4. The predicted molar refractivity (Wildman–Crippen MR) is 57.7 cm³/mol. The van der Waals surface area contributed by atoms with E-state index in [1.54, 1.807) is 0 Å². The van der Waals surface area contributed by atoms with Crippen molar-refractivity contribution in [2.75, 3.05) is 20.2 Å². The molecule has 0 radical (unpaired) electrons. The van der Waals surface area contributed by atoms with Gasteiger partial charge in [0.2, 0.25) is 0 Å². The average Bonchev–Trinajstić information content (AvgIpc) is 2.16. The summed E-state index contributed by atoms with van der Waals surface area (Å²) in [5.74, 6) is -0.144. The van der Waals surface area contributed by atoms with Gasteiger partial charge in [-0.3, -0.25) is 9.69 Å². The number of hydrogen-bond donors (Lipinski definition) is 0. The summed E-state index contributed by atoms with van der Waals surface area (Å²) in [4.78, 5) is 13.4. The maximum absolute atomic E-state index is 11.1. The first-order valence-corrected chi connectivity index (χ1v) is 5.49. The van der Waals surface area contributed by atoms with Gasteiger partial charge in [-0.05, 0) is 20.8 Å². The maximum Gasteiger partial charge on any atom is 0.307 e. The van der Waals surface area contributed by atoms with Crippen LogP contribution in [0.25, 0.3) is 0 Å². The predicted octanol–water partition coefficient (Wildman–Crippen LogP) is 1.05. The van der Waals surface area contributed by atoms with E-state index in [4.69, 9.17) is 4.74 Å². The van der Waals surface area contributed by atoms with Gasteiger partial charge >= 0.3 is 5.97 Å². The van der Waals surface area contributed by atoms with Gasteiger partial charge in [-0.25, -0.2) is 0 Å². The van der Waals surface area contributed by atoms with Crippen LogP contribution >= 0.6 is 0 Å². The lowest BCUT2D eigenvalue weighted by molar-refractivity contribution is -0.143. The van der Waals surface area contributed by atoms with Crippen molar-refractivity contribution < 1.29 is 14.3 Å². The molecule has 0 aromatic carbocycles. The van der Waals surface area contributed by atoms with Crippen LogP contribution in [0, 0.1) is 0 Å². The van der Waals surface area contributed by atoms with Gasteiger partial charge in [0.25, 0.3) is 0 Å². The van der Waals surface area contributed by atoms with E-state index >= 15 is 0 Å². The molecule has 15 heavy (non-hydrogen) atoms. The van der Waals surface area contributed by atoms with Gasteiger partial charge in [0.15, 0.2) is 0 Å². The second-order valence-corrected chi connectivity index (χ2v) is 4.34. The molecule has 0 amide bonds. The van der Waals surface area contributed by atoms with Gasteiger partial charge in [-0.2, -0.15) is 0 Å². The van der Waals surface area contributed by atoms with Gasteiger partial charge in [-0.1, -0.05) is 0 Å². The Kier molecular flexibility index (Phi) is 4.54. The van der Waals surface area contributed by atoms with Crippen molar-refractivity contribution in [2.24, 2.45) is 0 Å². The molecule has 0 aromatic rings. The van der Waals surface area contributed by atoms with E-state index in [1.807, 2.05) is 0 Å². The molecule has 0 N–H and O–H groups in total. The van der Waals surface area contributed by atoms with E-state index in [0.29, 0.717) is 6.42 Å². The highest BCUT2D eigenvalue weighted by Gasteiger charge is 2.26. The standard InChI is InChI=1S/C11H21NO3/c1-8(5-11(13)14-4)12-6-9(2)15-10(3)7-12/h8-10H,5-7H2,1-4H3/t8?,9-,10+. The Morgan fingerprint density at radius 2 is 2.00 bits per heavy atom. The highest BCUT2D eigenvalue weighted by Crippen LogP contribution is 2.15. The second-order valence-electron chi connectivity index (χ2n) is 4.34. The van der Waals surface area contributed by atoms with Gasteiger partial charge in [-0.15, -0.1) is 0 Å². The fourth-order valence-corrected chi connectivity index (χ4v) is 2.03. The molecule has 4 nitrogen and oxygen atoms in total. The molecule has 1 saturated heterocycles. The zero-order valence-corrected chi connectivity index (χ0v) is 10.0. The molecule has 88 valence electrons. The van der Waals surface area contributed by atoms with E-state index in [2.05, 4.69) is 30.4 Å². The van der Waals surface area contributed by atoms with Gasteiger partial charge in [0.05, 0.1) is 25.7 Å². The van der Waals surface area contributed by atoms with Crippen molar-refractivity contribution in [1.29, 1.82) is 0 Å². The molecular weight excluding hydrogens is 194 g/mol.